The van der Waals surface area contributed by atoms with Crippen LogP contribution in [0.4, 0.5) is 0 Å². The van der Waals surface area contributed by atoms with Crippen molar-refractivity contribution in [3.8, 4) is 5.75 Å². The zero-order valence-electron chi connectivity index (χ0n) is 9.53. The van der Waals surface area contributed by atoms with Crippen LogP contribution < -0.4 is 4.74 Å². The molecule has 0 spiro atoms. The van der Waals surface area contributed by atoms with Gasteiger partial charge in [-0.15, -0.1) is 11.6 Å². The number of fused-ring (bicyclic) bond motifs is 1. The van der Waals surface area contributed by atoms with Gasteiger partial charge in [0.1, 0.15) is 5.75 Å². The number of rotatable bonds is 3. The summed E-state index contributed by atoms with van der Waals surface area (Å²) in [5.74, 6) is 0.887. The molecule has 16 heavy (non-hydrogen) atoms. The van der Waals surface area contributed by atoms with Gasteiger partial charge in [0.2, 0.25) is 0 Å². The van der Waals surface area contributed by atoms with Crippen molar-refractivity contribution in [1.29, 1.82) is 0 Å². The van der Waals surface area contributed by atoms with Crippen molar-refractivity contribution in [3.63, 3.8) is 0 Å². The van der Waals surface area contributed by atoms with Gasteiger partial charge in [0, 0.05) is 0 Å². The van der Waals surface area contributed by atoms with Crippen LogP contribution in [0.1, 0.15) is 24.3 Å². The minimum Gasteiger partial charge on any atom is -0.497 e. The Hall–Kier alpha value is -1.21. The number of ether oxygens (including phenoxy) is 1. The van der Waals surface area contributed by atoms with Gasteiger partial charge in [0.15, 0.2) is 0 Å². The van der Waals surface area contributed by atoms with Crippen LogP contribution in [-0.4, -0.2) is 7.11 Å². The molecule has 0 radical (unpaired) electrons. The van der Waals surface area contributed by atoms with E-state index >= 15 is 0 Å². The number of hydrogen-bond donors (Lipinski definition) is 0. The lowest BCUT2D eigenvalue weighted by molar-refractivity contribution is 0.415. The van der Waals surface area contributed by atoms with Crippen LogP contribution in [0.5, 0.6) is 5.75 Å². The van der Waals surface area contributed by atoms with Crippen LogP contribution >= 0.6 is 11.6 Å². The Morgan fingerprint density at radius 1 is 1.12 bits per heavy atom. The summed E-state index contributed by atoms with van der Waals surface area (Å²) in [5.41, 5.74) is 1.18. The first-order chi connectivity index (χ1) is 7.74. The molecule has 0 saturated carbocycles. The molecule has 2 heteroatoms. The van der Waals surface area contributed by atoms with Crippen LogP contribution in [0.25, 0.3) is 10.8 Å². The summed E-state index contributed by atoms with van der Waals surface area (Å²) >= 11 is 6.22. The molecular weight excluding hydrogens is 220 g/mol. The van der Waals surface area contributed by atoms with E-state index < -0.39 is 0 Å². The molecule has 0 amide bonds. The molecule has 2 aromatic rings. The van der Waals surface area contributed by atoms with E-state index in [4.69, 9.17) is 16.3 Å². The maximum Gasteiger partial charge on any atom is 0.119 e. The Balaban J connectivity index is 2.47. The highest BCUT2D eigenvalue weighted by Gasteiger charge is 2.05. The molecule has 84 valence electrons. The quantitative estimate of drug-likeness (QED) is 0.709. The van der Waals surface area contributed by atoms with Crippen molar-refractivity contribution in [1.82, 2.24) is 0 Å². The van der Waals surface area contributed by atoms with E-state index in [9.17, 15) is 0 Å². The summed E-state index contributed by atoms with van der Waals surface area (Å²) in [6.07, 6.45) is 0.948. The summed E-state index contributed by atoms with van der Waals surface area (Å²) in [6, 6.07) is 12.4. The molecule has 0 N–H and O–H groups in total. The number of halogens is 1. The van der Waals surface area contributed by atoms with Crippen LogP contribution in [-0.2, 0) is 0 Å². The Bertz CT molecular complexity index is 493. The Morgan fingerprint density at radius 3 is 2.50 bits per heavy atom. The maximum atomic E-state index is 6.22. The highest BCUT2D eigenvalue weighted by molar-refractivity contribution is 6.20. The molecule has 0 saturated heterocycles. The van der Waals surface area contributed by atoms with Gasteiger partial charge < -0.3 is 4.74 Å². The highest BCUT2D eigenvalue weighted by atomic mass is 35.5. The Morgan fingerprint density at radius 2 is 1.81 bits per heavy atom. The molecule has 0 aliphatic heterocycles. The topological polar surface area (TPSA) is 9.23 Å². The summed E-state index contributed by atoms with van der Waals surface area (Å²) in [4.78, 5) is 0. The van der Waals surface area contributed by atoms with E-state index in [0.29, 0.717) is 0 Å². The fourth-order valence-corrected chi connectivity index (χ4v) is 1.94. The molecule has 1 unspecified atom stereocenters. The fourth-order valence-electron chi connectivity index (χ4n) is 1.80. The first-order valence-electron chi connectivity index (χ1n) is 5.46. The van der Waals surface area contributed by atoms with E-state index in [2.05, 4.69) is 31.2 Å². The average Bonchev–Trinajstić information content (AvgIpc) is 2.36. The minimum atomic E-state index is 0.103. The SMILES string of the molecule is CCC(Cl)c1ccc2cc(OC)ccc2c1. The summed E-state index contributed by atoms with van der Waals surface area (Å²) in [5, 5.41) is 2.49. The summed E-state index contributed by atoms with van der Waals surface area (Å²) in [7, 11) is 1.68. The maximum absolute atomic E-state index is 6.22. The zero-order valence-corrected chi connectivity index (χ0v) is 10.3. The molecule has 0 aliphatic carbocycles. The van der Waals surface area contributed by atoms with Crippen molar-refractivity contribution in [2.45, 2.75) is 18.7 Å². The van der Waals surface area contributed by atoms with Crippen molar-refractivity contribution in [3.05, 3.63) is 42.0 Å². The van der Waals surface area contributed by atoms with E-state index in [0.717, 1.165) is 12.2 Å². The normalized spacial score (nSPS) is 12.7. The van der Waals surface area contributed by atoms with Gasteiger partial charge >= 0.3 is 0 Å². The smallest absolute Gasteiger partial charge is 0.119 e. The van der Waals surface area contributed by atoms with E-state index in [1.165, 1.54) is 16.3 Å². The molecular formula is C14H15ClO. The summed E-state index contributed by atoms with van der Waals surface area (Å²) < 4.78 is 5.20. The number of methoxy groups -OCH3 is 1. The zero-order chi connectivity index (χ0) is 11.5. The van der Waals surface area contributed by atoms with Crippen molar-refractivity contribution in [2.75, 3.05) is 7.11 Å². The van der Waals surface area contributed by atoms with E-state index in [1.807, 2.05) is 12.1 Å². The third kappa shape index (κ3) is 2.14. The van der Waals surface area contributed by atoms with Gasteiger partial charge in [-0.3, -0.25) is 0 Å². The van der Waals surface area contributed by atoms with Crippen LogP contribution in [0.15, 0.2) is 36.4 Å². The lowest BCUT2D eigenvalue weighted by Crippen LogP contribution is -1.88. The second kappa shape index (κ2) is 4.75. The second-order valence-corrected chi connectivity index (χ2v) is 4.38. The second-order valence-electron chi connectivity index (χ2n) is 3.85. The lowest BCUT2D eigenvalue weighted by atomic mass is 10.0. The molecule has 0 heterocycles. The molecule has 1 nitrogen and oxygen atoms in total. The van der Waals surface area contributed by atoms with E-state index in [1.54, 1.807) is 7.11 Å². The van der Waals surface area contributed by atoms with Crippen LogP contribution in [0.3, 0.4) is 0 Å². The Kier molecular flexibility index (Phi) is 3.35. The third-order valence-corrected chi connectivity index (χ3v) is 3.35. The number of benzene rings is 2. The molecule has 2 aromatic carbocycles. The largest absolute Gasteiger partial charge is 0.497 e. The predicted molar refractivity (Wildman–Crippen MR) is 69.4 cm³/mol. The number of alkyl halides is 1. The van der Waals surface area contributed by atoms with Gasteiger partial charge in [-0.1, -0.05) is 25.1 Å². The highest BCUT2D eigenvalue weighted by Crippen LogP contribution is 2.28. The van der Waals surface area contributed by atoms with Crippen LogP contribution in [0, 0.1) is 0 Å². The molecule has 2 rings (SSSR count). The third-order valence-electron chi connectivity index (χ3n) is 2.79. The lowest BCUT2D eigenvalue weighted by Gasteiger charge is -2.09. The van der Waals surface area contributed by atoms with Crippen molar-refractivity contribution >= 4 is 22.4 Å². The molecule has 0 aliphatic rings. The van der Waals surface area contributed by atoms with Gasteiger partial charge in [0.05, 0.1) is 12.5 Å². The predicted octanol–water partition coefficient (Wildman–Crippen LogP) is 4.54. The van der Waals surface area contributed by atoms with Gasteiger partial charge in [-0.25, -0.2) is 0 Å². The van der Waals surface area contributed by atoms with Gasteiger partial charge in [-0.2, -0.15) is 0 Å². The van der Waals surface area contributed by atoms with Crippen molar-refractivity contribution < 1.29 is 4.74 Å². The van der Waals surface area contributed by atoms with E-state index in [-0.39, 0.29) is 5.38 Å². The standard InChI is InChI=1S/C14H15ClO/c1-3-14(15)12-5-4-11-9-13(16-2)7-6-10(11)8-12/h4-9,14H,3H2,1-2H3. The Labute approximate surface area is 101 Å². The number of hydrogen-bond acceptors (Lipinski definition) is 1. The first-order valence-corrected chi connectivity index (χ1v) is 5.90. The fraction of sp³-hybridized carbons (Fsp3) is 0.286. The average molecular weight is 235 g/mol. The summed E-state index contributed by atoms with van der Waals surface area (Å²) in [6.45, 7) is 2.09. The molecule has 1 atom stereocenters. The van der Waals surface area contributed by atoms with Gasteiger partial charge in [0.25, 0.3) is 0 Å². The van der Waals surface area contributed by atoms with Crippen molar-refractivity contribution in [2.24, 2.45) is 0 Å². The molecule has 0 bridgehead atoms. The van der Waals surface area contributed by atoms with Gasteiger partial charge in [-0.05, 0) is 41.0 Å². The van der Waals surface area contributed by atoms with Crippen LogP contribution in [0.2, 0.25) is 0 Å². The minimum absolute atomic E-state index is 0.103. The first kappa shape index (κ1) is 11.3. The molecule has 0 aromatic heterocycles. The molecule has 0 fully saturated rings. The monoisotopic (exact) mass is 234 g/mol.